The molecule has 0 unspecified atom stereocenters. The Labute approximate surface area is 169 Å². The fourth-order valence-electron chi connectivity index (χ4n) is 2.96. The SMILES string of the molecule is O=C1CCC/C1=C\c1ccc(F)cc1.O=C1CCCC1.O=Cc1ccc(F)cc1. The summed E-state index contributed by atoms with van der Waals surface area (Å²) in [6.07, 6.45) is 8.97. The molecule has 2 aromatic rings. The third-order valence-electron chi connectivity index (χ3n) is 4.59. The minimum atomic E-state index is -0.319. The van der Waals surface area contributed by atoms with Crippen LogP contribution in [0.2, 0.25) is 0 Å². The first-order valence-corrected chi connectivity index (χ1v) is 9.69. The Bertz CT molecular complexity index is 845. The highest BCUT2D eigenvalue weighted by atomic mass is 19.1. The van der Waals surface area contributed by atoms with Crippen molar-refractivity contribution >= 4 is 23.9 Å². The Morgan fingerprint density at radius 1 is 0.655 bits per heavy atom. The summed E-state index contributed by atoms with van der Waals surface area (Å²) in [6.45, 7) is 0. The number of halogens is 2. The number of hydrogen-bond donors (Lipinski definition) is 0. The van der Waals surface area contributed by atoms with Crippen LogP contribution in [0.5, 0.6) is 0 Å². The number of carbonyl (C=O) groups excluding carboxylic acids is 3. The van der Waals surface area contributed by atoms with E-state index < -0.39 is 0 Å². The van der Waals surface area contributed by atoms with Gasteiger partial charge in [0.05, 0.1) is 0 Å². The van der Waals surface area contributed by atoms with Crippen molar-refractivity contribution < 1.29 is 23.2 Å². The highest BCUT2D eigenvalue weighted by molar-refractivity contribution is 6.01. The fourth-order valence-corrected chi connectivity index (χ4v) is 2.96. The molecule has 0 aliphatic heterocycles. The third-order valence-corrected chi connectivity index (χ3v) is 4.59. The summed E-state index contributed by atoms with van der Waals surface area (Å²) in [6, 6.07) is 11.6. The van der Waals surface area contributed by atoms with E-state index in [1.54, 1.807) is 12.1 Å². The number of ketones is 2. The van der Waals surface area contributed by atoms with Gasteiger partial charge in [-0.2, -0.15) is 0 Å². The van der Waals surface area contributed by atoms with Gasteiger partial charge in [-0.15, -0.1) is 0 Å². The van der Waals surface area contributed by atoms with Crippen LogP contribution < -0.4 is 0 Å². The van der Waals surface area contributed by atoms with Gasteiger partial charge in [0.25, 0.3) is 0 Å². The number of allylic oxidation sites excluding steroid dienone is 1. The molecule has 0 bridgehead atoms. The molecule has 2 aromatic carbocycles. The van der Waals surface area contributed by atoms with Crippen LogP contribution in [0.1, 0.15) is 60.9 Å². The average Bonchev–Trinajstić information content (AvgIpc) is 3.36. The third kappa shape index (κ3) is 8.30. The number of aldehydes is 1. The van der Waals surface area contributed by atoms with Crippen molar-refractivity contribution in [3.05, 3.63) is 76.9 Å². The van der Waals surface area contributed by atoms with Gasteiger partial charge in [0.2, 0.25) is 0 Å². The average molecular weight is 398 g/mol. The zero-order chi connectivity index (χ0) is 21.1. The molecule has 5 heteroatoms. The summed E-state index contributed by atoms with van der Waals surface area (Å²) in [7, 11) is 0. The highest BCUT2D eigenvalue weighted by Gasteiger charge is 2.16. The minimum absolute atomic E-state index is 0.231. The molecule has 0 amide bonds. The Morgan fingerprint density at radius 3 is 1.55 bits per heavy atom. The Morgan fingerprint density at radius 2 is 1.17 bits per heavy atom. The van der Waals surface area contributed by atoms with Crippen LogP contribution in [0.4, 0.5) is 8.78 Å². The quantitative estimate of drug-likeness (QED) is 0.479. The van der Waals surface area contributed by atoms with Crippen molar-refractivity contribution in [2.24, 2.45) is 0 Å². The van der Waals surface area contributed by atoms with Crippen LogP contribution in [-0.4, -0.2) is 17.9 Å². The van der Waals surface area contributed by atoms with Gasteiger partial charge in [-0.1, -0.05) is 12.1 Å². The molecule has 0 aromatic heterocycles. The normalized spacial score (nSPS) is 16.7. The minimum Gasteiger partial charge on any atom is -0.300 e. The second-order valence-corrected chi connectivity index (χ2v) is 6.91. The van der Waals surface area contributed by atoms with Gasteiger partial charge < -0.3 is 0 Å². The smallest absolute Gasteiger partial charge is 0.158 e. The van der Waals surface area contributed by atoms with E-state index in [-0.39, 0.29) is 17.4 Å². The first-order valence-electron chi connectivity index (χ1n) is 9.69. The van der Waals surface area contributed by atoms with Crippen molar-refractivity contribution in [3.8, 4) is 0 Å². The van der Waals surface area contributed by atoms with E-state index in [9.17, 15) is 23.2 Å². The zero-order valence-corrected chi connectivity index (χ0v) is 16.2. The van der Waals surface area contributed by atoms with Crippen LogP contribution in [0.3, 0.4) is 0 Å². The molecule has 0 atom stereocenters. The molecule has 4 rings (SSSR count). The lowest BCUT2D eigenvalue weighted by molar-refractivity contribution is -0.117. The number of Topliss-reactive ketones (excluding diaryl/α,β-unsaturated/α-hetero) is 2. The molecule has 0 saturated heterocycles. The van der Waals surface area contributed by atoms with Crippen molar-refractivity contribution in [1.82, 2.24) is 0 Å². The van der Waals surface area contributed by atoms with E-state index in [1.807, 2.05) is 6.08 Å². The summed E-state index contributed by atoms with van der Waals surface area (Å²) in [5, 5.41) is 0. The first-order chi connectivity index (χ1) is 14.0. The van der Waals surface area contributed by atoms with E-state index in [2.05, 4.69) is 0 Å². The zero-order valence-electron chi connectivity index (χ0n) is 16.2. The molecule has 2 saturated carbocycles. The maximum atomic E-state index is 12.6. The van der Waals surface area contributed by atoms with Crippen molar-refractivity contribution in [3.63, 3.8) is 0 Å². The predicted octanol–water partition coefficient (Wildman–Crippen LogP) is 5.73. The first kappa shape index (κ1) is 22.3. The van der Waals surface area contributed by atoms with Crippen LogP contribution in [-0.2, 0) is 9.59 Å². The van der Waals surface area contributed by atoms with Crippen molar-refractivity contribution in [2.45, 2.75) is 44.9 Å². The van der Waals surface area contributed by atoms with Gasteiger partial charge in [0.1, 0.15) is 23.7 Å². The Hall–Kier alpha value is -2.95. The highest BCUT2D eigenvalue weighted by Crippen LogP contribution is 2.22. The topological polar surface area (TPSA) is 51.2 Å². The van der Waals surface area contributed by atoms with Gasteiger partial charge in [-0.25, -0.2) is 8.78 Å². The summed E-state index contributed by atoms with van der Waals surface area (Å²) in [4.78, 5) is 31.5. The molecule has 0 N–H and O–H groups in total. The molecule has 2 aliphatic rings. The van der Waals surface area contributed by atoms with Gasteiger partial charge in [-0.3, -0.25) is 14.4 Å². The molecule has 152 valence electrons. The standard InChI is InChI=1S/C12H11FO.C7H5FO.C5H8O/c13-11-6-4-9(5-7-11)8-10-2-1-3-12(10)14;8-7-3-1-6(5-9)2-4-7;6-5-3-1-2-4-5/h4-8H,1-3H2;1-5H;1-4H2/b10-8+;;. The summed E-state index contributed by atoms with van der Waals surface area (Å²) >= 11 is 0. The van der Waals surface area contributed by atoms with Crippen LogP contribution in [0, 0.1) is 11.6 Å². The van der Waals surface area contributed by atoms with Crippen LogP contribution in [0.25, 0.3) is 6.08 Å². The maximum absolute atomic E-state index is 12.6. The monoisotopic (exact) mass is 398 g/mol. The fraction of sp³-hybridized carbons (Fsp3) is 0.292. The molecular formula is C24H24F2O3. The molecular weight excluding hydrogens is 374 g/mol. The molecule has 2 aliphatic carbocycles. The summed E-state index contributed by atoms with van der Waals surface area (Å²) in [5.41, 5.74) is 2.27. The Kier molecular flexibility index (Phi) is 9.09. The molecule has 0 spiro atoms. The summed E-state index contributed by atoms with van der Waals surface area (Å²) in [5.74, 6) is 0.120. The molecule has 0 radical (unpaired) electrons. The molecule has 2 fully saturated rings. The van der Waals surface area contributed by atoms with Gasteiger partial charge in [0.15, 0.2) is 5.78 Å². The lowest BCUT2D eigenvalue weighted by Crippen LogP contribution is -1.90. The van der Waals surface area contributed by atoms with Gasteiger partial charge >= 0.3 is 0 Å². The van der Waals surface area contributed by atoms with E-state index in [0.29, 0.717) is 24.1 Å². The number of benzene rings is 2. The van der Waals surface area contributed by atoms with Gasteiger partial charge in [-0.05, 0) is 79.3 Å². The second kappa shape index (κ2) is 11.8. The maximum Gasteiger partial charge on any atom is 0.158 e. The molecule has 3 nitrogen and oxygen atoms in total. The number of carbonyl (C=O) groups is 3. The predicted molar refractivity (Wildman–Crippen MR) is 108 cm³/mol. The van der Waals surface area contributed by atoms with E-state index in [0.717, 1.165) is 49.7 Å². The number of hydrogen-bond acceptors (Lipinski definition) is 3. The van der Waals surface area contributed by atoms with E-state index in [1.165, 1.54) is 36.4 Å². The van der Waals surface area contributed by atoms with Crippen LogP contribution >= 0.6 is 0 Å². The lowest BCUT2D eigenvalue weighted by atomic mass is 10.1. The van der Waals surface area contributed by atoms with Gasteiger partial charge in [0, 0.05) is 24.8 Å². The largest absolute Gasteiger partial charge is 0.300 e. The summed E-state index contributed by atoms with van der Waals surface area (Å²) < 4.78 is 24.7. The molecule has 0 heterocycles. The van der Waals surface area contributed by atoms with E-state index >= 15 is 0 Å². The second-order valence-electron chi connectivity index (χ2n) is 6.91. The van der Waals surface area contributed by atoms with Crippen molar-refractivity contribution in [1.29, 1.82) is 0 Å². The van der Waals surface area contributed by atoms with E-state index in [4.69, 9.17) is 0 Å². The lowest BCUT2D eigenvalue weighted by Gasteiger charge is -1.96. The van der Waals surface area contributed by atoms with Crippen molar-refractivity contribution in [2.75, 3.05) is 0 Å². The Balaban J connectivity index is 0.000000171. The molecule has 29 heavy (non-hydrogen) atoms. The number of rotatable bonds is 2. The van der Waals surface area contributed by atoms with Crippen LogP contribution in [0.15, 0.2) is 54.1 Å².